The van der Waals surface area contributed by atoms with Crippen molar-refractivity contribution in [2.45, 2.75) is 25.5 Å². The number of aliphatic hydroxyl groups is 1. The zero-order valence-corrected chi connectivity index (χ0v) is 13.2. The van der Waals surface area contributed by atoms with Gasteiger partial charge in [-0.15, -0.1) is 0 Å². The van der Waals surface area contributed by atoms with Crippen LogP contribution in [0, 0.1) is 10.1 Å². The van der Waals surface area contributed by atoms with Gasteiger partial charge in [-0.1, -0.05) is 0 Å². The van der Waals surface area contributed by atoms with Crippen LogP contribution >= 0.6 is 0 Å². The lowest BCUT2D eigenvalue weighted by Gasteiger charge is -2.32. The summed E-state index contributed by atoms with van der Waals surface area (Å²) >= 11 is 0. The van der Waals surface area contributed by atoms with Crippen molar-refractivity contribution in [2.24, 2.45) is 0 Å². The van der Waals surface area contributed by atoms with E-state index in [1.165, 1.54) is 6.07 Å². The van der Waals surface area contributed by atoms with Gasteiger partial charge >= 0.3 is 0 Å². The number of nitro benzene ring substituents is 1. The predicted molar refractivity (Wildman–Crippen MR) is 83.2 cm³/mol. The number of hydrogen-bond donors (Lipinski definition) is 1. The van der Waals surface area contributed by atoms with Gasteiger partial charge in [0.1, 0.15) is 11.5 Å². The summed E-state index contributed by atoms with van der Waals surface area (Å²) in [7, 11) is 0. The molecule has 7 heteroatoms. The minimum Gasteiger partial charge on any atom is -0.460 e. The van der Waals surface area contributed by atoms with E-state index in [2.05, 4.69) is 4.90 Å². The highest BCUT2D eigenvalue weighted by atomic mass is 16.6. The molecule has 0 aromatic heterocycles. The summed E-state index contributed by atoms with van der Waals surface area (Å²) in [4.78, 5) is 12.8. The molecule has 1 aromatic rings. The van der Waals surface area contributed by atoms with Crippen molar-refractivity contribution in [3.63, 3.8) is 0 Å². The number of non-ortho nitro benzene ring substituents is 1. The van der Waals surface area contributed by atoms with Crippen LogP contribution in [0.4, 0.5) is 5.69 Å². The van der Waals surface area contributed by atoms with Crippen molar-refractivity contribution in [1.29, 1.82) is 0 Å². The maximum absolute atomic E-state index is 11.1. The molecule has 2 aliphatic rings. The molecule has 23 heavy (non-hydrogen) atoms. The van der Waals surface area contributed by atoms with E-state index in [4.69, 9.17) is 9.47 Å². The molecule has 1 fully saturated rings. The summed E-state index contributed by atoms with van der Waals surface area (Å²) in [5.41, 5.74) is -0.236. The third-order valence-corrected chi connectivity index (χ3v) is 3.90. The van der Waals surface area contributed by atoms with E-state index in [0.717, 1.165) is 5.56 Å². The summed E-state index contributed by atoms with van der Waals surface area (Å²) in [5, 5.41) is 21.2. The molecule has 2 aliphatic heterocycles. The van der Waals surface area contributed by atoms with Gasteiger partial charge < -0.3 is 14.6 Å². The smallest absolute Gasteiger partial charge is 0.270 e. The van der Waals surface area contributed by atoms with Crippen molar-refractivity contribution in [2.75, 3.05) is 26.3 Å². The van der Waals surface area contributed by atoms with Crippen LogP contribution in [0.25, 0.3) is 0 Å². The zero-order chi connectivity index (χ0) is 16.6. The first-order valence-corrected chi connectivity index (χ1v) is 7.58. The molecule has 124 valence electrons. The zero-order valence-electron chi connectivity index (χ0n) is 13.2. The SMILES string of the molecule is CC(C)(O)/C=C1/Oc2ccc([N+](=O)[O-])cc2[C@H]1N1CCOCC1. The molecule has 0 saturated carbocycles. The first-order valence-electron chi connectivity index (χ1n) is 7.58. The normalized spacial score (nSPS) is 23.6. The Morgan fingerprint density at radius 1 is 1.39 bits per heavy atom. The van der Waals surface area contributed by atoms with Crippen LogP contribution in [0.3, 0.4) is 0 Å². The van der Waals surface area contributed by atoms with Crippen LogP contribution in [0.2, 0.25) is 0 Å². The average molecular weight is 320 g/mol. The number of hydrogen-bond acceptors (Lipinski definition) is 6. The summed E-state index contributed by atoms with van der Waals surface area (Å²) in [6.07, 6.45) is 1.67. The number of ether oxygens (including phenoxy) is 2. The lowest BCUT2D eigenvalue weighted by molar-refractivity contribution is -0.384. The van der Waals surface area contributed by atoms with Crippen LogP contribution in [0.1, 0.15) is 25.5 Å². The maximum Gasteiger partial charge on any atom is 0.270 e. The van der Waals surface area contributed by atoms with Gasteiger partial charge in [0, 0.05) is 30.8 Å². The summed E-state index contributed by atoms with van der Waals surface area (Å²) in [6, 6.07) is 4.37. The number of rotatable bonds is 3. The van der Waals surface area contributed by atoms with Crippen molar-refractivity contribution in [1.82, 2.24) is 4.90 Å². The Hall–Kier alpha value is -1.96. The highest BCUT2D eigenvalue weighted by Gasteiger charge is 2.37. The maximum atomic E-state index is 11.1. The molecule has 0 amide bonds. The van der Waals surface area contributed by atoms with E-state index in [1.54, 1.807) is 32.1 Å². The fourth-order valence-electron chi connectivity index (χ4n) is 2.96. The molecular weight excluding hydrogens is 300 g/mol. The molecular formula is C16H20N2O5. The highest BCUT2D eigenvalue weighted by molar-refractivity contribution is 5.52. The topological polar surface area (TPSA) is 85.1 Å². The Morgan fingerprint density at radius 3 is 2.70 bits per heavy atom. The lowest BCUT2D eigenvalue weighted by atomic mass is 10.0. The van der Waals surface area contributed by atoms with E-state index >= 15 is 0 Å². The second-order valence-corrected chi connectivity index (χ2v) is 6.33. The monoisotopic (exact) mass is 320 g/mol. The highest BCUT2D eigenvalue weighted by Crippen LogP contribution is 2.45. The van der Waals surface area contributed by atoms with Gasteiger partial charge in [0.05, 0.1) is 29.8 Å². The molecule has 3 rings (SSSR count). The molecule has 1 aromatic carbocycles. The lowest BCUT2D eigenvalue weighted by Crippen LogP contribution is -2.39. The average Bonchev–Trinajstić information content (AvgIpc) is 2.82. The molecule has 1 N–H and O–H groups in total. The second-order valence-electron chi connectivity index (χ2n) is 6.33. The third-order valence-electron chi connectivity index (χ3n) is 3.90. The Labute approximate surface area is 134 Å². The van der Waals surface area contributed by atoms with Crippen molar-refractivity contribution in [3.8, 4) is 5.75 Å². The molecule has 1 saturated heterocycles. The van der Waals surface area contributed by atoms with E-state index in [1.807, 2.05) is 0 Å². The molecule has 2 heterocycles. The van der Waals surface area contributed by atoms with E-state index < -0.39 is 10.5 Å². The quantitative estimate of drug-likeness (QED) is 0.677. The minimum atomic E-state index is -1.03. The van der Waals surface area contributed by atoms with Gasteiger partial charge in [0.15, 0.2) is 0 Å². The Bertz CT molecular complexity index is 644. The summed E-state index contributed by atoms with van der Waals surface area (Å²) in [6.45, 7) is 5.97. The third kappa shape index (κ3) is 3.36. The number of morpholine rings is 1. The van der Waals surface area contributed by atoms with Crippen LogP contribution < -0.4 is 4.74 Å². The first kappa shape index (κ1) is 15.9. The Morgan fingerprint density at radius 2 is 2.09 bits per heavy atom. The van der Waals surface area contributed by atoms with Gasteiger partial charge in [-0.3, -0.25) is 15.0 Å². The van der Waals surface area contributed by atoms with E-state index in [0.29, 0.717) is 37.8 Å². The molecule has 1 atom stereocenters. The molecule has 0 spiro atoms. The largest absolute Gasteiger partial charge is 0.460 e. The number of nitrogens with zero attached hydrogens (tertiary/aromatic N) is 2. The van der Waals surface area contributed by atoms with Crippen LogP contribution in [-0.4, -0.2) is 46.8 Å². The van der Waals surface area contributed by atoms with E-state index in [9.17, 15) is 15.2 Å². The fraction of sp³-hybridized carbons (Fsp3) is 0.500. The summed E-state index contributed by atoms with van der Waals surface area (Å²) < 4.78 is 11.3. The van der Waals surface area contributed by atoms with Gasteiger partial charge in [-0.25, -0.2) is 0 Å². The molecule has 0 bridgehead atoms. The van der Waals surface area contributed by atoms with Crippen LogP contribution in [0.5, 0.6) is 5.75 Å². The minimum absolute atomic E-state index is 0.0371. The van der Waals surface area contributed by atoms with Crippen molar-refractivity contribution >= 4 is 5.69 Å². The van der Waals surface area contributed by atoms with Gasteiger partial charge in [0.2, 0.25) is 0 Å². The van der Waals surface area contributed by atoms with Crippen LogP contribution in [-0.2, 0) is 4.74 Å². The van der Waals surface area contributed by atoms with Crippen molar-refractivity contribution < 1.29 is 19.5 Å². The van der Waals surface area contributed by atoms with E-state index in [-0.39, 0.29) is 11.7 Å². The molecule has 0 unspecified atom stereocenters. The number of benzene rings is 1. The van der Waals surface area contributed by atoms with Crippen LogP contribution in [0.15, 0.2) is 30.0 Å². The molecule has 7 nitrogen and oxygen atoms in total. The molecule has 0 radical (unpaired) electrons. The van der Waals surface area contributed by atoms with Gasteiger partial charge in [-0.2, -0.15) is 0 Å². The predicted octanol–water partition coefficient (Wildman–Crippen LogP) is 2.02. The fourth-order valence-corrected chi connectivity index (χ4v) is 2.96. The van der Waals surface area contributed by atoms with Gasteiger partial charge in [0.25, 0.3) is 5.69 Å². The Balaban J connectivity index is 2.04. The Kier molecular flexibility index (Phi) is 4.09. The second kappa shape index (κ2) is 5.92. The first-order chi connectivity index (χ1) is 10.8. The number of nitro groups is 1. The summed E-state index contributed by atoms with van der Waals surface area (Å²) in [5.74, 6) is 1.21. The van der Waals surface area contributed by atoms with Crippen molar-refractivity contribution in [3.05, 3.63) is 45.7 Å². The molecule has 0 aliphatic carbocycles. The standard InChI is InChI=1S/C16H20N2O5/c1-16(2,19)10-14-15(17-5-7-22-8-6-17)12-9-11(18(20)21)3-4-13(12)23-14/h3-4,9-10,15,19H,5-8H2,1-2H3/b14-10+/t15-/m1/s1. The van der Waals surface area contributed by atoms with Gasteiger partial charge in [-0.05, 0) is 26.0 Å². The number of fused-ring (bicyclic) bond motifs is 1.